The average Bonchev–Trinajstić information content (AvgIpc) is 2.15. The van der Waals surface area contributed by atoms with E-state index in [4.69, 9.17) is 0 Å². The van der Waals surface area contributed by atoms with E-state index in [9.17, 15) is 0 Å². The standard InChI is InChI=1S/C14H23N/c1-6-13(5)15-9-14-11(3)7-10(2)8-12(14)4/h7-8,13,15H,6,9H2,1-5H3/t13-/m1/s1. The highest BCUT2D eigenvalue weighted by Crippen LogP contribution is 2.16. The van der Waals surface area contributed by atoms with Gasteiger partial charge in [-0.1, -0.05) is 24.6 Å². The van der Waals surface area contributed by atoms with Crippen LogP contribution in [0, 0.1) is 20.8 Å². The van der Waals surface area contributed by atoms with Gasteiger partial charge < -0.3 is 5.32 Å². The van der Waals surface area contributed by atoms with Gasteiger partial charge in [0.1, 0.15) is 0 Å². The molecule has 0 aromatic heterocycles. The molecule has 1 aromatic rings. The van der Waals surface area contributed by atoms with E-state index in [-0.39, 0.29) is 0 Å². The molecule has 15 heavy (non-hydrogen) atoms. The van der Waals surface area contributed by atoms with Crippen molar-refractivity contribution < 1.29 is 0 Å². The zero-order valence-corrected chi connectivity index (χ0v) is 10.6. The van der Waals surface area contributed by atoms with Crippen LogP contribution in [0.15, 0.2) is 12.1 Å². The van der Waals surface area contributed by atoms with Crippen molar-refractivity contribution in [3.63, 3.8) is 0 Å². The van der Waals surface area contributed by atoms with E-state index in [1.54, 1.807) is 0 Å². The third-order valence-corrected chi connectivity index (χ3v) is 3.08. The molecule has 0 aliphatic rings. The molecule has 1 atom stereocenters. The molecule has 0 spiro atoms. The zero-order valence-electron chi connectivity index (χ0n) is 10.6. The summed E-state index contributed by atoms with van der Waals surface area (Å²) in [7, 11) is 0. The summed E-state index contributed by atoms with van der Waals surface area (Å²) in [6.45, 7) is 12.0. The Kier molecular flexibility index (Phi) is 4.34. The van der Waals surface area contributed by atoms with Crippen molar-refractivity contribution in [3.8, 4) is 0 Å². The maximum absolute atomic E-state index is 3.55. The van der Waals surface area contributed by atoms with Gasteiger partial charge in [0, 0.05) is 12.6 Å². The Balaban J connectivity index is 2.77. The van der Waals surface area contributed by atoms with Crippen molar-refractivity contribution in [2.24, 2.45) is 0 Å². The first kappa shape index (κ1) is 12.3. The minimum atomic E-state index is 0.602. The van der Waals surface area contributed by atoms with Crippen LogP contribution in [0.25, 0.3) is 0 Å². The van der Waals surface area contributed by atoms with Gasteiger partial charge in [0.2, 0.25) is 0 Å². The normalized spacial score (nSPS) is 12.9. The van der Waals surface area contributed by atoms with E-state index in [2.05, 4.69) is 52.1 Å². The molecular weight excluding hydrogens is 182 g/mol. The third-order valence-electron chi connectivity index (χ3n) is 3.08. The topological polar surface area (TPSA) is 12.0 Å². The summed E-state index contributed by atoms with van der Waals surface area (Å²) in [6, 6.07) is 5.13. The van der Waals surface area contributed by atoms with Crippen molar-refractivity contribution in [3.05, 3.63) is 34.4 Å². The molecule has 0 heterocycles. The number of benzene rings is 1. The minimum Gasteiger partial charge on any atom is -0.310 e. The molecule has 1 heteroatoms. The lowest BCUT2D eigenvalue weighted by atomic mass is 9.99. The summed E-state index contributed by atoms with van der Waals surface area (Å²) in [5.41, 5.74) is 5.63. The van der Waals surface area contributed by atoms with Crippen LogP contribution in [0.4, 0.5) is 0 Å². The first-order valence-electron chi connectivity index (χ1n) is 5.84. The largest absolute Gasteiger partial charge is 0.310 e. The first-order chi connectivity index (χ1) is 7.04. The van der Waals surface area contributed by atoms with Gasteiger partial charge in [-0.15, -0.1) is 0 Å². The Morgan fingerprint density at radius 2 is 1.67 bits per heavy atom. The quantitative estimate of drug-likeness (QED) is 0.793. The van der Waals surface area contributed by atoms with E-state index in [1.165, 1.54) is 28.7 Å². The van der Waals surface area contributed by atoms with Crippen LogP contribution in [-0.2, 0) is 6.54 Å². The molecule has 0 aliphatic carbocycles. The van der Waals surface area contributed by atoms with Crippen LogP contribution in [0.5, 0.6) is 0 Å². The Bertz CT molecular complexity index is 305. The van der Waals surface area contributed by atoms with Crippen molar-refractivity contribution in [1.82, 2.24) is 5.32 Å². The highest BCUT2D eigenvalue weighted by atomic mass is 14.9. The molecule has 0 radical (unpaired) electrons. The molecule has 1 aromatic carbocycles. The molecule has 84 valence electrons. The molecular formula is C14H23N. The fourth-order valence-electron chi connectivity index (χ4n) is 1.91. The maximum Gasteiger partial charge on any atom is 0.0213 e. The van der Waals surface area contributed by atoms with E-state index in [0.717, 1.165) is 6.54 Å². The van der Waals surface area contributed by atoms with E-state index in [1.807, 2.05) is 0 Å². The van der Waals surface area contributed by atoms with Crippen molar-refractivity contribution >= 4 is 0 Å². The Hall–Kier alpha value is -0.820. The molecule has 0 amide bonds. The molecule has 0 fully saturated rings. The Morgan fingerprint density at radius 3 is 2.13 bits per heavy atom. The number of nitrogens with one attached hydrogen (secondary N) is 1. The second kappa shape index (κ2) is 5.32. The highest BCUT2D eigenvalue weighted by Gasteiger charge is 2.04. The van der Waals surface area contributed by atoms with Gasteiger partial charge in [-0.25, -0.2) is 0 Å². The van der Waals surface area contributed by atoms with Crippen LogP contribution in [0.3, 0.4) is 0 Å². The van der Waals surface area contributed by atoms with E-state index < -0.39 is 0 Å². The van der Waals surface area contributed by atoms with Crippen LogP contribution in [0.2, 0.25) is 0 Å². The van der Waals surface area contributed by atoms with Crippen LogP contribution in [-0.4, -0.2) is 6.04 Å². The molecule has 0 unspecified atom stereocenters. The smallest absolute Gasteiger partial charge is 0.0213 e. The van der Waals surface area contributed by atoms with Gasteiger partial charge in [0.05, 0.1) is 0 Å². The van der Waals surface area contributed by atoms with Crippen LogP contribution < -0.4 is 5.32 Å². The number of hydrogen-bond acceptors (Lipinski definition) is 1. The molecule has 0 aliphatic heterocycles. The Labute approximate surface area is 93.9 Å². The first-order valence-corrected chi connectivity index (χ1v) is 5.84. The van der Waals surface area contributed by atoms with Crippen LogP contribution in [0.1, 0.15) is 42.5 Å². The molecule has 1 nitrogen and oxygen atoms in total. The molecule has 1 rings (SSSR count). The molecule has 0 saturated heterocycles. The number of aryl methyl sites for hydroxylation is 3. The molecule has 0 saturated carbocycles. The summed E-state index contributed by atoms with van der Waals surface area (Å²) in [4.78, 5) is 0. The number of rotatable bonds is 4. The minimum absolute atomic E-state index is 0.602. The van der Waals surface area contributed by atoms with Gasteiger partial charge in [-0.3, -0.25) is 0 Å². The second-order valence-corrected chi connectivity index (χ2v) is 4.57. The summed E-state index contributed by atoms with van der Waals surface area (Å²) >= 11 is 0. The monoisotopic (exact) mass is 205 g/mol. The van der Waals surface area contributed by atoms with Gasteiger partial charge in [0.15, 0.2) is 0 Å². The fourth-order valence-corrected chi connectivity index (χ4v) is 1.91. The average molecular weight is 205 g/mol. The van der Waals surface area contributed by atoms with Gasteiger partial charge in [0.25, 0.3) is 0 Å². The van der Waals surface area contributed by atoms with Gasteiger partial charge >= 0.3 is 0 Å². The molecule has 1 N–H and O–H groups in total. The third kappa shape index (κ3) is 3.35. The molecule has 0 bridgehead atoms. The van der Waals surface area contributed by atoms with Crippen molar-refractivity contribution in [1.29, 1.82) is 0 Å². The Morgan fingerprint density at radius 1 is 1.13 bits per heavy atom. The summed E-state index contributed by atoms with van der Waals surface area (Å²) in [5, 5.41) is 3.55. The highest BCUT2D eigenvalue weighted by molar-refractivity contribution is 5.37. The summed E-state index contributed by atoms with van der Waals surface area (Å²) in [5.74, 6) is 0. The van der Waals surface area contributed by atoms with Gasteiger partial charge in [-0.2, -0.15) is 0 Å². The second-order valence-electron chi connectivity index (χ2n) is 4.57. The lowest BCUT2D eigenvalue weighted by Crippen LogP contribution is -2.25. The predicted octanol–water partition coefficient (Wildman–Crippen LogP) is 3.50. The van der Waals surface area contributed by atoms with Crippen molar-refractivity contribution in [2.45, 2.75) is 53.6 Å². The fraction of sp³-hybridized carbons (Fsp3) is 0.571. The SMILES string of the molecule is CC[C@@H](C)NCc1c(C)cc(C)cc1C. The van der Waals surface area contributed by atoms with Crippen molar-refractivity contribution in [2.75, 3.05) is 0 Å². The van der Waals surface area contributed by atoms with E-state index >= 15 is 0 Å². The summed E-state index contributed by atoms with van der Waals surface area (Å²) in [6.07, 6.45) is 1.18. The van der Waals surface area contributed by atoms with Crippen LogP contribution >= 0.6 is 0 Å². The lowest BCUT2D eigenvalue weighted by Gasteiger charge is -2.15. The zero-order chi connectivity index (χ0) is 11.4. The number of hydrogen-bond donors (Lipinski definition) is 1. The lowest BCUT2D eigenvalue weighted by molar-refractivity contribution is 0.532. The summed E-state index contributed by atoms with van der Waals surface area (Å²) < 4.78 is 0. The maximum atomic E-state index is 3.55. The van der Waals surface area contributed by atoms with E-state index in [0.29, 0.717) is 6.04 Å². The predicted molar refractivity (Wildman–Crippen MR) is 67.2 cm³/mol. The van der Waals surface area contributed by atoms with Gasteiger partial charge in [-0.05, 0) is 50.8 Å².